The molecule has 8 heavy (non-hydrogen) atoms. The molecule has 1 heterocycles. The number of nitrogens with two attached hydrogens (primary N) is 2. The van der Waals surface area contributed by atoms with E-state index in [1.54, 1.807) is 5.01 Å². The molecule has 46 valence electrons. The molecule has 0 atom stereocenters. The van der Waals surface area contributed by atoms with Crippen molar-refractivity contribution in [3.05, 3.63) is 0 Å². The van der Waals surface area contributed by atoms with Crippen molar-refractivity contribution in [2.45, 2.75) is 0 Å². The van der Waals surface area contributed by atoms with Gasteiger partial charge in [0.2, 0.25) is 5.91 Å². The fraction of sp³-hybridized carbons (Fsp3) is 0.750. The first kappa shape index (κ1) is 5.53. The second-order valence-electron chi connectivity index (χ2n) is 2.05. The molecule has 1 fully saturated rings. The molecule has 0 spiro atoms. The third kappa shape index (κ3) is 0.801. The summed E-state index contributed by atoms with van der Waals surface area (Å²) in [6.45, 7) is 1.24. The molecule has 0 aliphatic carbocycles. The van der Waals surface area contributed by atoms with Gasteiger partial charge in [0.05, 0.1) is 5.92 Å². The topological polar surface area (TPSA) is 72.4 Å². The number of primary amides is 1. The molecule has 1 rings (SSSR count). The molecule has 0 radical (unpaired) electrons. The Morgan fingerprint density at radius 1 is 1.62 bits per heavy atom. The van der Waals surface area contributed by atoms with Crippen molar-refractivity contribution in [1.82, 2.24) is 5.01 Å². The van der Waals surface area contributed by atoms with Crippen molar-refractivity contribution >= 4 is 5.91 Å². The number of hydrazine groups is 1. The Morgan fingerprint density at radius 3 is 2.25 bits per heavy atom. The van der Waals surface area contributed by atoms with Crippen molar-refractivity contribution in [3.63, 3.8) is 0 Å². The molecular weight excluding hydrogens is 106 g/mol. The largest absolute Gasteiger partial charge is 0.369 e. The summed E-state index contributed by atoms with van der Waals surface area (Å²) < 4.78 is 0. The summed E-state index contributed by atoms with van der Waals surface area (Å²) in [5.74, 6) is 4.99. The average Bonchev–Trinajstić information content (AvgIpc) is 1.57. The van der Waals surface area contributed by atoms with Gasteiger partial charge in [0.25, 0.3) is 0 Å². The zero-order valence-electron chi connectivity index (χ0n) is 4.50. The quantitative estimate of drug-likeness (QED) is 0.399. The molecule has 0 saturated carbocycles. The van der Waals surface area contributed by atoms with Crippen LogP contribution in [0.15, 0.2) is 0 Å². The van der Waals surface area contributed by atoms with Crippen LogP contribution in [0.2, 0.25) is 0 Å². The minimum Gasteiger partial charge on any atom is -0.369 e. The predicted octanol–water partition coefficient (Wildman–Crippen LogP) is -1.72. The van der Waals surface area contributed by atoms with Crippen LogP contribution in [-0.4, -0.2) is 24.0 Å². The van der Waals surface area contributed by atoms with Gasteiger partial charge in [-0.1, -0.05) is 0 Å². The van der Waals surface area contributed by atoms with E-state index >= 15 is 0 Å². The Balaban J connectivity index is 2.25. The lowest BCUT2D eigenvalue weighted by Crippen LogP contribution is -2.55. The summed E-state index contributed by atoms with van der Waals surface area (Å²) in [7, 11) is 0. The van der Waals surface area contributed by atoms with E-state index in [1.807, 2.05) is 0 Å². The molecule has 4 nitrogen and oxygen atoms in total. The molecule has 1 aliphatic rings. The maximum absolute atomic E-state index is 10.3. The van der Waals surface area contributed by atoms with Gasteiger partial charge in [-0.2, -0.15) is 0 Å². The fourth-order valence-corrected chi connectivity index (χ4v) is 0.693. The first-order chi connectivity index (χ1) is 3.70. The van der Waals surface area contributed by atoms with Gasteiger partial charge in [0, 0.05) is 13.1 Å². The van der Waals surface area contributed by atoms with Gasteiger partial charge in [0.15, 0.2) is 0 Å². The second-order valence-corrected chi connectivity index (χ2v) is 2.05. The van der Waals surface area contributed by atoms with E-state index in [0.29, 0.717) is 13.1 Å². The number of rotatable bonds is 1. The third-order valence-electron chi connectivity index (χ3n) is 1.31. The molecule has 1 amide bonds. The molecule has 4 heteroatoms. The van der Waals surface area contributed by atoms with Crippen LogP contribution >= 0.6 is 0 Å². The molecule has 1 aliphatic heterocycles. The highest BCUT2D eigenvalue weighted by atomic mass is 16.1. The highest BCUT2D eigenvalue weighted by molar-refractivity contribution is 5.77. The van der Waals surface area contributed by atoms with Crippen LogP contribution in [0, 0.1) is 5.92 Å². The Labute approximate surface area is 47.4 Å². The minimum atomic E-state index is -0.244. The van der Waals surface area contributed by atoms with E-state index in [0.717, 1.165) is 0 Å². The number of hydrogen-bond acceptors (Lipinski definition) is 3. The van der Waals surface area contributed by atoms with Crippen molar-refractivity contribution in [3.8, 4) is 0 Å². The zero-order valence-corrected chi connectivity index (χ0v) is 4.50. The van der Waals surface area contributed by atoms with E-state index in [4.69, 9.17) is 11.6 Å². The Bertz CT molecular complexity index is 108. The van der Waals surface area contributed by atoms with E-state index < -0.39 is 0 Å². The van der Waals surface area contributed by atoms with Crippen LogP contribution in [-0.2, 0) is 4.79 Å². The molecule has 0 bridgehead atoms. The van der Waals surface area contributed by atoms with Crippen molar-refractivity contribution < 1.29 is 4.79 Å². The minimum absolute atomic E-state index is 0.000000000000000444. The first-order valence-electron chi connectivity index (χ1n) is 2.49. The summed E-state index contributed by atoms with van der Waals surface area (Å²) in [5.41, 5.74) is 4.94. The molecule has 0 aromatic heterocycles. The van der Waals surface area contributed by atoms with Gasteiger partial charge >= 0.3 is 0 Å². The van der Waals surface area contributed by atoms with Crippen molar-refractivity contribution in [2.75, 3.05) is 13.1 Å². The SMILES string of the molecule is NC(=O)C1CN(N)C1. The summed E-state index contributed by atoms with van der Waals surface area (Å²) in [5, 5.41) is 1.56. The van der Waals surface area contributed by atoms with Crippen molar-refractivity contribution in [2.24, 2.45) is 17.5 Å². The van der Waals surface area contributed by atoms with E-state index in [2.05, 4.69) is 0 Å². The lowest BCUT2D eigenvalue weighted by atomic mass is 10.0. The number of hydrogen-bond donors (Lipinski definition) is 2. The van der Waals surface area contributed by atoms with Crippen LogP contribution in [0.25, 0.3) is 0 Å². The first-order valence-corrected chi connectivity index (χ1v) is 2.49. The zero-order chi connectivity index (χ0) is 6.15. The fourth-order valence-electron chi connectivity index (χ4n) is 0.693. The molecule has 1 saturated heterocycles. The summed E-state index contributed by atoms with van der Waals surface area (Å²) >= 11 is 0. The van der Waals surface area contributed by atoms with Gasteiger partial charge in [-0.3, -0.25) is 10.6 Å². The van der Waals surface area contributed by atoms with Crippen LogP contribution < -0.4 is 11.6 Å². The predicted molar refractivity (Wildman–Crippen MR) is 28.4 cm³/mol. The second kappa shape index (κ2) is 1.72. The Hall–Kier alpha value is -0.610. The maximum atomic E-state index is 10.3. The van der Waals surface area contributed by atoms with E-state index in [-0.39, 0.29) is 11.8 Å². The van der Waals surface area contributed by atoms with Crippen LogP contribution in [0.1, 0.15) is 0 Å². The Kier molecular flexibility index (Phi) is 1.19. The maximum Gasteiger partial charge on any atom is 0.223 e. The monoisotopic (exact) mass is 115 g/mol. The third-order valence-corrected chi connectivity index (χ3v) is 1.31. The lowest BCUT2D eigenvalue weighted by molar-refractivity contribution is -0.126. The lowest BCUT2D eigenvalue weighted by Gasteiger charge is -2.32. The van der Waals surface area contributed by atoms with Gasteiger partial charge in [-0.15, -0.1) is 0 Å². The summed E-state index contributed by atoms with van der Waals surface area (Å²) in [6.07, 6.45) is 0. The van der Waals surface area contributed by atoms with Gasteiger partial charge in [-0.25, -0.2) is 5.01 Å². The van der Waals surface area contributed by atoms with E-state index in [1.165, 1.54) is 0 Å². The van der Waals surface area contributed by atoms with E-state index in [9.17, 15) is 4.79 Å². The van der Waals surface area contributed by atoms with Gasteiger partial charge < -0.3 is 5.73 Å². The number of amides is 1. The molecular formula is C4H9N3O. The summed E-state index contributed by atoms with van der Waals surface area (Å²) in [4.78, 5) is 10.3. The highest BCUT2D eigenvalue weighted by Gasteiger charge is 2.28. The number of carbonyl (C=O) groups excluding carboxylic acids is 1. The smallest absolute Gasteiger partial charge is 0.223 e. The van der Waals surface area contributed by atoms with Gasteiger partial charge in [-0.05, 0) is 0 Å². The summed E-state index contributed by atoms with van der Waals surface area (Å²) in [6, 6.07) is 0. The van der Waals surface area contributed by atoms with Gasteiger partial charge in [0.1, 0.15) is 0 Å². The molecule has 0 aromatic rings. The standard InChI is InChI=1S/C4H9N3O/c5-4(8)3-1-7(6)2-3/h3H,1-2,6H2,(H2,5,8). The molecule has 0 aromatic carbocycles. The van der Waals surface area contributed by atoms with Crippen LogP contribution in [0.4, 0.5) is 0 Å². The van der Waals surface area contributed by atoms with Crippen LogP contribution in [0.5, 0.6) is 0 Å². The Morgan fingerprint density at radius 2 is 2.12 bits per heavy atom. The molecule has 4 N–H and O–H groups in total. The average molecular weight is 115 g/mol. The number of nitrogens with zero attached hydrogens (tertiary/aromatic N) is 1. The molecule has 0 unspecified atom stereocenters. The van der Waals surface area contributed by atoms with Crippen LogP contribution in [0.3, 0.4) is 0 Å². The van der Waals surface area contributed by atoms with Crippen molar-refractivity contribution in [1.29, 1.82) is 0 Å². The highest BCUT2D eigenvalue weighted by Crippen LogP contribution is 2.08. The number of carbonyl (C=O) groups is 1. The normalized spacial score (nSPS) is 22.6.